The van der Waals surface area contributed by atoms with Crippen molar-refractivity contribution < 1.29 is 27.5 Å². The van der Waals surface area contributed by atoms with Gasteiger partial charge in [0.15, 0.2) is 0 Å². The second-order valence-electron chi connectivity index (χ2n) is 4.03. The SMILES string of the molecule is O=C(O)c1ccc(Nc2cccc(C(F)(F)F)n2)cc1F. The molecule has 0 atom stereocenters. The highest BCUT2D eigenvalue weighted by atomic mass is 19.4. The highest BCUT2D eigenvalue weighted by Crippen LogP contribution is 2.28. The van der Waals surface area contributed by atoms with E-state index in [0.717, 1.165) is 24.3 Å². The zero-order valence-electron chi connectivity index (χ0n) is 10.3. The fraction of sp³-hybridized carbons (Fsp3) is 0.0769. The largest absolute Gasteiger partial charge is 0.478 e. The molecule has 0 saturated heterocycles. The number of nitrogens with one attached hydrogen (secondary N) is 1. The van der Waals surface area contributed by atoms with Gasteiger partial charge in [-0.1, -0.05) is 6.07 Å². The van der Waals surface area contributed by atoms with Crippen molar-refractivity contribution in [2.45, 2.75) is 6.18 Å². The molecule has 2 N–H and O–H groups in total. The van der Waals surface area contributed by atoms with E-state index in [-0.39, 0.29) is 11.5 Å². The quantitative estimate of drug-likeness (QED) is 0.849. The second kappa shape index (κ2) is 5.39. The van der Waals surface area contributed by atoms with E-state index in [9.17, 15) is 22.4 Å². The normalized spacial score (nSPS) is 11.2. The Labute approximate surface area is 116 Å². The van der Waals surface area contributed by atoms with E-state index in [1.54, 1.807) is 0 Å². The molecular formula is C13H8F4N2O2. The van der Waals surface area contributed by atoms with Gasteiger partial charge in [-0.15, -0.1) is 0 Å². The molecule has 1 aromatic carbocycles. The van der Waals surface area contributed by atoms with Crippen LogP contribution in [0.15, 0.2) is 36.4 Å². The molecule has 1 aromatic heterocycles. The Bertz CT molecular complexity index is 686. The standard InChI is InChI=1S/C13H8F4N2O2/c14-9-6-7(4-5-8(9)12(20)21)18-11-3-1-2-10(19-11)13(15,16)17/h1-6H,(H,18,19)(H,20,21). The van der Waals surface area contributed by atoms with Gasteiger partial charge in [0.1, 0.15) is 17.3 Å². The summed E-state index contributed by atoms with van der Waals surface area (Å²) < 4.78 is 50.9. The molecule has 0 aliphatic carbocycles. The summed E-state index contributed by atoms with van der Waals surface area (Å²) in [5.41, 5.74) is -1.53. The van der Waals surface area contributed by atoms with Crippen LogP contribution in [-0.4, -0.2) is 16.1 Å². The topological polar surface area (TPSA) is 62.2 Å². The van der Waals surface area contributed by atoms with E-state index in [0.29, 0.717) is 0 Å². The summed E-state index contributed by atoms with van der Waals surface area (Å²) in [5.74, 6) is -2.57. The molecule has 0 bridgehead atoms. The molecule has 0 unspecified atom stereocenters. The van der Waals surface area contributed by atoms with Crippen LogP contribution in [0.2, 0.25) is 0 Å². The van der Waals surface area contributed by atoms with E-state index in [4.69, 9.17) is 5.11 Å². The van der Waals surface area contributed by atoms with Gasteiger partial charge >= 0.3 is 12.1 Å². The van der Waals surface area contributed by atoms with Crippen LogP contribution in [-0.2, 0) is 6.18 Å². The van der Waals surface area contributed by atoms with Crippen molar-refractivity contribution in [3.05, 3.63) is 53.5 Å². The Morgan fingerprint density at radius 2 is 1.90 bits per heavy atom. The summed E-state index contributed by atoms with van der Waals surface area (Å²) in [4.78, 5) is 14.0. The van der Waals surface area contributed by atoms with Crippen LogP contribution >= 0.6 is 0 Å². The number of carboxylic acid groups (broad SMARTS) is 1. The molecule has 8 heteroatoms. The second-order valence-corrected chi connectivity index (χ2v) is 4.03. The van der Waals surface area contributed by atoms with Crippen LogP contribution in [0.4, 0.5) is 29.1 Å². The van der Waals surface area contributed by atoms with Gasteiger partial charge in [0.2, 0.25) is 0 Å². The molecule has 0 spiro atoms. The lowest BCUT2D eigenvalue weighted by atomic mass is 10.2. The first kappa shape index (κ1) is 14.8. The third-order valence-electron chi connectivity index (χ3n) is 2.51. The smallest absolute Gasteiger partial charge is 0.433 e. The number of pyridine rings is 1. The predicted octanol–water partition coefficient (Wildman–Crippen LogP) is 3.68. The summed E-state index contributed by atoms with van der Waals surface area (Å²) >= 11 is 0. The fourth-order valence-electron chi connectivity index (χ4n) is 1.58. The third-order valence-corrected chi connectivity index (χ3v) is 2.51. The molecule has 110 valence electrons. The van der Waals surface area contributed by atoms with Crippen LogP contribution in [0, 0.1) is 5.82 Å². The fourth-order valence-corrected chi connectivity index (χ4v) is 1.58. The number of carbonyl (C=O) groups is 1. The van der Waals surface area contributed by atoms with Crippen molar-refractivity contribution in [2.24, 2.45) is 0 Å². The minimum atomic E-state index is -4.59. The predicted molar refractivity (Wildman–Crippen MR) is 65.9 cm³/mol. The molecule has 0 amide bonds. The molecule has 0 aliphatic heterocycles. The molecular weight excluding hydrogens is 292 g/mol. The monoisotopic (exact) mass is 300 g/mol. The molecule has 4 nitrogen and oxygen atoms in total. The van der Waals surface area contributed by atoms with Gasteiger partial charge in [-0.3, -0.25) is 0 Å². The number of hydrogen-bond acceptors (Lipinski definition) is 3. The van der Waals surface area contributed by atoms with Gasteiger partial charge < -0.3 is 10.4 Å². The Morgan fingerprint density at radius 1 is 1.19 bits per heavy atom. The maximum absolute atomic E-state index is 13.5. The van der Waals surface area contributed by atoms with Crippen molar-refractivity contribution in [3.63, 3.8) is 0 Å². The number of anilines is 2. The average molecular weight is 300 g/mol. The highest BCUT2D eigenvalue weighted by Gasteiger charge is 2.32. The van der Waals surface area contributed by atoms with Crippen LogP contribution in [0.25, 0.3) is 0 Å². The molecule has 2 aromatic rings. The maximum Gasteiger partial charge on any atom is 0.433 e. The zero-order valence-corrected chi connectivity index (χ0v) is 10.3. The highest BCUT2D eigenvalue weighted by molar-refractivity contribution is 5.88. The molecule has 0 aliphatic rings. The molecule has 0 saturated carbocycles. The van der Waals surface area contributed by atoms with Gasteiger partial charge in [-0.25, -0.2) is 14.2 Å². The third kappa shape index (κ3) is 3.47. The van der Waals surface area contributed by atoms with Crippen LogP contribution < -0.4 is 5.32 Å². The van der Waals surface area contributed by atoms with Crippen molar-refractivity contribution in [3.8, 4) is 0 Å². The lowest BCUT2D eigenvalue weighted by Gasteiger charge is -2.10. The number of aromatic nitrogens is 1. The van der Waals surface area contributed by atoms with E-state index in [1.165, 1.54) is 12.1 Å². The Hall–Kier alpha value is -2.64. The van der Waals surface area contributed by atoms with E-state index < -0.39 is 29.2 Å². The van der Waals surface area contributed by atoms with Crippen LogP contribution in [0.5, 0.6) is 0 Å². The molecule has 21 heavy (non-hydrogen) atoms. The van der Waals surface area contributed by atoms with Crippen molar-refractivity contribution in [1.29, 1.82) is 0 Å². The molecule has 1 heterocycles. The average Bonchev–Trinajstić information content (AvgIpc) is 2.37. The Kier molecular flexibility index (Phi) is 3.79. The van der Waals surface area contributed by atoms with E-state index >= 15 is 0 Å². The Balaban J connectivity index is 2.27. The van der Waals surface area contributed by atoms with Gasteiger partial charge in [0.05, 0.1) is 5.56 Å². The van der Waals surface area contributed by atoms with Crippen molar-refractivity contribution in [1.82, 2.24) is 4.98 Å². The zero-order chi connectivity index (χ0) is 15.6. The molecule has 2 rings (SSSR count). The van der Waals surface area contributed by atoms with Gasteiger partial charge in [0.25, 0.3) is 0 Å². The number of hydrogen-bond donors (Lipinski definition) is 2. The summed E-state index contributed by atoms with van der Waals surface area (Å²) in [7, 11) is 0. The van der Waals surface area contributed by atoms with Gasteiger partial charge in [0, 0.05) is 5.69 Å². The number of aromatic carboxylic acids is 1. The minimum absolute atomic E-state index is 0.0873. The number of rotatable bonds is 3. The van der Waals surface area contributed by atoms with Gasteiger partial charge in [-0.05, 0) is 30.3 Å². The summed E-state index contributed by atoms with van der Waals surface area (Å²) in [6.07, 6.45) is -4.59. The summed E-state index contributed by atoms with van der Waals surface area (Å²) in [6.45, 7) is 0. The number of nitrogens with zero attached hydrogens (tertiary/aromatic N) is 1. The first-order chi connectivity index (χ1) is 9.77. The summed E-state index contributed by atoms with van der Waals surface area (Å²) in [5, 5.41) is 11.2. The van der Waals surface area contributed by atoms with Crippen LogP contribution in [0.3, 0.4) is 0 Å². The minimum Gasteiger partial charge on any atom is -0.478 e. The molecule has 0 fully saturated rings. The number of benzene rings is 1. The van der Waals surface area contributed by atoms with E-state index in [1.807, 2.05) is 0 Å². The maximum atomic E-state index is 13.5. The number of carboxylic acids is 1. The Morgan fingerprint density at radius 3 is 2.48 bits per heavy atom. The van der Waals surface area contributed by atoms with E-state index in [2.05, 4.69) is 10.3 Å². The van der Waals surface area contributed by atoms with Crippen molar-refractivity contribution in [2.75, 3.05) is 5.32 Å². The number of alkyl halides is 3. The lowest BCUT2D eigenvalue weighted by Crippen LogP contribution is -2.09. The lowest BCUT2D eigenvalue weighted by molar-refractivity contribution is -0.141. The first-order valence-electron chi connectivity index (χ1n) is 5.61. The summed E-state index contributed by atoms with van der Waals surface area (Å²) in [6, 6.07) is 6.34. The number of halogens is 4. The molecule has 0 radical (unpaired) electrons. The van der Waals surface area contributed by atoms with Crippen LogP contribution in [0.1, 0.15) is 16.1 Å². The first-order valence-corrected chi connectivity index (χ1v) is 5.61. The van der Waals surface area contributed by atoms with Gasteiger partial charge in [-0.2, -0.15) is 13.2 Å². The van der Waals surface area contributed by atoms with Crippen molar-refractivity contribution >= 4 is 17.5 Å².